The summed E-state index contributed by atoms with van der Waals surface area (Å²) in [4.78, 5) is 50.8. The number of carbonyl (C=O) groups is 4. The predicted octanol–water partition coefficient (Wildman–Crippen LogP) is 2.80. The molecule has 204 valence electrons. The molecule has 1 saturated heterocycles. The van der Waals surface area contributed by atoms with Crippen molar-refractivity contribution in [2.24, 2.45) is 5.11 Å². The molecule has 0 spiro atoms. The van der Waals surface area contributed by atoms with Crippen LogP contribution in [-0.2, 0) is 32.5 Å². The summed E-state index contributed by atoms with van der Waals surface area (Å²) in [7, 11) is 2.30. The van der Waals surface area contributed by atoms with Gasteiger partial charge in [-0.1, -0.05) is 5.11 Å². The summed E-state index contributed by atoms with van der Waals surface area (Å²) in [5.74, 6) is -12.6. The van der Waals surface area contributed by atoms with E-state index in [2.05, 4.69) is 15.3 Å². The summed E-state index contributed by atoms with van der Waals surface area (Å²) in [5.41, 5.74) is 4.65. The van der Waals surface area contributed by atoms with Crippen molar-refractivity contribution in [3.05, 3.63) is 39.3 Å². The van der Waals surface area contributed by atoms with E-state index >= 15 is 0 Å². The summed E-state index contributed by atoms with van der Waals surface area (Å²) in [6, 6.07) is 0.705. The molecule has 1 aromatic rings. The van der Waals surface area contributed by atoms with Crippen LogP contribution < -0.4 is 5.32 Å². The first-order valence-electron chi connectivity index (χ1n) is 10.3. The van der Waals surface area contributed by atoms with E-state index in [-0.39, 0.29) is 23.8 Å². The highest BCUT2D eigenvalue weighted by Gasteiger charge is 2.37. The molecule has 0 aromatic heterocycles. The number of nitrogens with one attached hydrogen (secondary N) is 1. The second-order valence-electron chi connectivity index (χ2n) is 7.01. The van der Waals surface area contributed by atoms with Crippen molar-refractivity contribution < 1.29 is 54.9 Å². The number of hydroxylamine groups is 2. The minimum absolute atomic E-state index is 0.0236. The van der Waals surface area contributed by atoms with E-state index in [0.29, 0.717) is 12.6 Å². The van der Waals surface area contributed by atoms with E-state index in [9.17, 15) is 36.7 Å². The van der Waals surface area contributed by atoms with E-state index in [1.807, 2.05) is 4.91 Å². The number of nitrogens with zero attached hydrogens (tertiary/aromatic N) is 4. The molecule has 1 aromatic carbocycles. The lowest BCUT2D eigenvalue weighted by Gasteiger charge is -2.24. The first-order valence-corrected chi connectivity index (χ1v) is 12.2. The zero-order valence-electron chi connectivity index (χ0n) is 20.1. The third kappa shape index (κ3) is 7.96. The van der Waals surface area contributed by atoms with Crippen LogP contribution in [0.3, 0.4) is 0 Å². The fraction of sp³-hybridized carbons (Fsp3) is 0.474. The second-order valence-corrected chi connectivity index (χ2v) is 10.1. The Hall–Kier alpha value is -3.57. The second kappa shape index (κ2) is 14.2. The Morgan fingerprint density at radius 2 is 1.49 bits per heavy atom. The molecule has 0 bridgehead atoms. The first kappa shape index (κ1) is 31.5. The van der Waals surface area contributed by atoms with Crippen LogP contribution in [0.1, 0.15) is 36.5 Å². The minimum Gasteiger partial charge on any atom is -0.377 e. The van der Waals surface area contributed by atoms with Gasteiger partial charge in [-0.15, -0.1) is 5.06 Å². The standard InChI is InChI=1S/C11H4F4N4O4.C8H19NO4Si/c12-6-5(7(13)9(15)10(8(6)14)17-18-16)11(22)23-19-3(20)1-2-4(19)21;1-8(10)9-6-5-7-14(11-2,12-3)13-4/h1-2H2;5-7H2,1-4H3,(H,9,10). The normalized spacial score (nSPS) is 13.0. The van der Waals surface area contributed by atoms with Crippen molar-refractivity contribution in [3.63, 3.8) is 0 Å². The molecule has 0 saturated carbocycles. The molecule has 1 aliphatic heterocycles. The number of hydrogen-bond acceptors (Lipinski definition) is 9. The molecule has 18 heteroatoms. The number of hydrogen-bond donors (Lipinski definition) is 1. The largest absolute Gasteiger partial charge is 0.500 e. The summed E-state index contributed by atoms with van der Waals surface area (Å²) in [6.07, 6.45) is 0.201. The van der Waals surface area contributed by atoms with Gasteiger partial charge in [0.05, 0.1) is 0 Å². The van der Waals surface area contributed by atoms with Crippen molar-refractivity contribution in [2.45, 2.75) is 32.2 Å². The lowest BCUT2D eigenvalue weighted by Crippen LogP contribution is -2.43. The Morgan fingerprint density at radius 3 is 1.89 bits per heavy atom. The molecule has 0 unspecified atom stereocenters. The third-order valence-electron chi connectivity index (χ3n) is 4.74. The van der Waals surface area contributed by atoms with Gasteiger partial charge in [-0.05, 0) is 12.0 Å². The fourth-order valence-electron chi connectivity index (χ4n) is 2.84. The first-order chi connectivity index (χ1) is 17.4. The number of rotatable bonds is 10. The van der Waals surface area contributed by atoms with Crippen molar-refractivity contribution in [3.8, 4) is 0 Å². The maximum Gasteiger partial charge on any atom is 0.500 e. The lowest BCUT2D eigenvalue weighted by atomic mass is 10.1. The van der Waals surface area contributed by atoms with Gasteiger partial charge in [0, 0.05) is 58.6 Å². The van der Waals surface area contributed by atoms with Crippen molar-refractivity contribution in [1.82, 2.24) is 10.4 Å². The van der Waals surface area contributed by atoms with Crippen LogP contribution in [0.4, 0.5) is 23.2 Å². The Morgan fingerprint density at radius 1 is 1.00 bits per heavy atom. The molecule has 3 amide bonds. The van der Waals surface area contributed by atoms with E-state index in [0.717, 1.165) is 6.42 Å². The van der Waals surface area contributed by atoms with Crippen LogP contribution in [0.25, 0.3) is 10.4 Å². The van der Waals surface area contributed by atoms with Crippen LogP contribution in [0.15, 0.2) is 5.11 Å². The summed E-state index contributed by atoms with van der Waals surface area (Å²) in [6.45, 7) is 2.12. The maximum atomic E-state index is 13.7. The van der Waals surface area contributed by atoms with Gasteiger partial charge in [0.15, 0.2) is 23.3 Å². The van der Waals surface area contributed by atoms with Gasteiger partial charge >= 0.3 is 14.8 Å². The summed E-state index contributed by atoms with van der Waals surface area (Å²) >= 11 is 0. The Labute approximate surface area is 208 Å². The van der Waals surface area contributed by atoms with E-state index < -0.39 is 61.1 Å². The van der Waals surface area contributed by atoms with Gasteiger partial charge in [0.25, 0.3) is 11.8 Å². The number of azide groups is 1. The predicted molar refractivity (Wildman–Crippen MR) is 116 cm³/mol. The van der Waals surface area contributed by atoms with Crippen molar-refractivity contribution in [2.75, 3.05) is 27.9 Å². The van der Waals surface area contributed by atoms with Crippen LogP contribution in [0.2, 0.25) is 6.04 Å². The highest BCUT2D eigenvalue weighted by atomic mass is 28.4. The van der Waals surface area contributed by atoms with Gasteiger partial charge in [0.2, 0.25) is 5.91 Å². The van der Waals surface area contributed by atoms with Crippen LogP contribution in [-0.4, -0.2) is 65.4 Å². The van der Waals surface area contributed by atoms with Crippen molar-refractivity contribution in [1.29, 1.82) is 0 Å². The quantitative estimate of drug-likeness (QED) is 0.0674. The molecule has 13 nitrogen and oxygen atoms in total. The highest BCUT2D eigenvalue weighted by molar-refractivity contribution is 6.60. The van der Waals surface area contributed by atoms with Gasteiger partial charge in [-0.3, -0.25) is 14.4 Å². The monoisotopic (exact) mass is 553 g/mol. The summed E-state index contributed by atoms with van der Waals surface area (Å²) in [5, 5.41) is 5.08. The number of carbonyl (C=O) groups excluding carboxylic acids is 4. The van der Waals surface area contributed by atoms with Crippen molar-refractivity contribution >= 4 is 38.2 Å². The number of imide groups is 1. The zero-order valence-corrected chi connectivity index (χ0v) is 21.1. The summed E-state index contributed by atoms with van der Waals surface area (Å²) < 4.78 is 70.1. The van der Waals surface area contributed by atoms with E-state index in [1.54, 1.807) is 21.3 Å². The molecule has 2 rings (SSSR count). The van der Waals surface area contributed by atoms with Gasteiger partial charge in [-0.25, -0.2) is 22.4 Å². The maximum absolute atomic E-state index is 13.7. The molecule has 1 heterocycles. The molecule has 37 heavy (non-hydrogen) atoms. The highest BCUT2D eigenvalue weighted by Crippen LogP contribution is 2.31. The molecule has 1 N–H and O–H groups in total. The zero-order chi connectivity index (χ0) is 28.3. The molecule has 1 aliphatic rings. The molecule has 0 aliphatic carbocycles. The number of amides is 3. The van der Waals surface area contributed by atoms with Gasteiger partial charge in [-0.2, -0.15) is 0 Å². The Bertz CT molecular complexity index is 1050. The van der Waals surface area contributed by atoms with Gasteiger partial charge < -0.3 is 23.4 Å². The minimum atomic E-state index is -2.44. The molecule has 0 radical (unpaired) electrons. The van der Waals surface area contributed by atoms with Crippen LogP contribution in [0, 0.1) is 23.3 Å². The SMILES string of the molecule is CO[Si](CCCNC(C)=O)(OC)OC.[N-]=[N+]=Nc1c(F)c(F)c(C(=O)ON2C(=O)CCC2=O)c(F)c1F. The van der Waals surface area contributed by atoms with Crippen LogP contribution >= 0.6 is 0 Å². The van der Waals surface area contributed by atoms with E-state index in [1.165, 1.54) is 6.92 Å². The Kier molecular flexibility index (Phi) is 12.1. The third-order valence-corrected chi connectivity index (χ3v) is 7.57. The topological polar surface area (TPSA) is 169 Å². The molecular formula is C19H23F4N5O8Si. The average molecular weight is 553 g/mol. The molecule has 1 fully saturated rings. The molecular weight excluding hydrogens is 530 g/mol. The average Bonchev–Trinajstić information content (AvgIpc) is 3.18. The fourth-order valence-corrected chi connectivity index (χ4v) is 4.57. The van der Waals surface area contributed by atoms with E-state index in [4.69, 9.17) is 18.8 Å². The van der Waals surface area contributed by atoms with Crippen LogP contribution in [0.5, 0.6) is 0 Å². The lowest BCUT2D eigenvalue weighted by molar-refractivity contribution is -0.172. The number of halogens is 4. The van der Waals surface area contributed by atoms with Gasteiger partial charge in [0.1, 0.15) is 11.3 Å². The molecule has 0 atom stereocenters. The smallest absolute Gasteiger partial charge is 0.377 e. The number of benzene rings is 1. The Balaban J connectivity index is 0.000000422.